The molecule has 1 saturated carbocycles. The van der Waals surface area contributed by atoms with E-state index in [-0.39, 0.29) is 5.41 Å². The van der Waals surface area contributed by atoms with E-state index < -0.39 is 0 Å². The van der Waals surface area contributed by atoms with E-state index in [1.54, 1.807) is 0 Å². The Hall–Kier alpha value is -0.370. The van der Waals surface area contributed by atoms with Crippen LogP contribution in [-0.2, 0) is 4.79 Å². The number of hydrogen-bond donors (Lipinski definition) is 1. The Kier molecular flexibility index (Phi) is 2.18. The highest BCUT2D eigenvalue weighted by molar-refractivity contribution is 5.85. The average Bonchev–Trinajstić information content (AvgIpc) is 2.45. The molecule has 12 heavy (non-hydrogen) atoms. The molecule has 1 saturated heterocycles. The van der Waals surface area contributed by atoms with Crippen molar-refractivity contribution >= 4 is 5.78 Å². The van der Waals surface area contributed by atoms with Crippen LogP contribution in [0, 0.1) is 5.41 Å². The highest BCUT2D eigenvalue weighted by Gasteiger charge is 2.40. The molecule has 1 atom stereocenters. The van der Waals surface area contributed by atoms with Crippen molar-refractivity contribution in [3.8, 4) is 0 Å². The molecular weight excluding hydrogens is 150 g/mol. The van der Waals surface area contributed by atoms with Crippen molar-refractivity contribution in [2.24, 2.45) is 5.41 Å². The van der Waals surface area contributed by atoms with Gasteiger partial charge in [0, 0.05) is 18.4 Å². The molecule has 1 aliphatic heterocycles. The van der Waals surface area contributed by atoms with Gasteiger partial charge in [0.25, 0.3) is 0 Å². The summed E-state index contributed by atoms with van der Waals surface area (Å²) in [5.41, 5.74) is 0.0660. The van der Waals surface area contributed by atoms with Gasteiger partial charge in [0.15, 0.2) is 0 Å². The van der Waals surface area contributed by atoms with Gasteiger partial charge < -0.3 is 5.32 Å². The van der Waals surface area contributed by atoms with Crippen LogP contribution in [-0.4, -0.2) is 18.9 Å². The lowest BCUT2D eigenvalue weighted by Gasteiger charge is -2.24. The van der Waals surface area contributed by atoms with Crippen LogP contribution in [0.3, 0.4) is 0 Å². The number of ketones is 1. The molecule has 2 heteroatoms. The van der Waals surface area contributed by atoms with Crippen molar-refractivity contribution in [3.05, 3.63) is 0 Å². The highest BCUT2D eigenvalue weighted by atomic mass is 16.1. The second-order valence-corrected chi connectivity index (χ2v) is 4.19. The van der Waals surface area contributed by atoms with Crippen LogP contribution in [0.1, 0.15) is 38.5 Å². The topological polar surface area (TPSA) is 29.1 Å². The fraction of sp³-hybridized carbons (Fsp3) is 0.900. The summed E-state index contributed by atoms with van der Waals surface area (Å²) in [6.07, 6.45) is 6.70. The minimum atomic E-state index is 0.0660. The predicted molar refractivity (Wildman–Crippen MR) is 48.0 cm³/mol. The molecule has 0 bridgehead atoms. The van der Waals surface area contributed by atoms with Crippen LogP contribution in [0.25, 0.3) is 0 Å². The third-order valence-electron chi connectivity index (χ3n) is 3.39. The first-order valence-corrected chi connectivity index (χ1v) is 5.08. The lowest BCUT2D eigenvalue weighted by molar-refractivity contribution is -0.127. The number of carbonyl (C=O) groups excluding carboxylic acids is 1. The van der Waals surface area contributed by atoms with Crippen molar-refractivity contribution < 1.29 is 4.79 Å². The number of hydrogen-bond acceptors (Lipinski definition) is 2. The standard InChI is InChI=1S/C10H17NO/c12-9-4-2-1-3-5-10(9)6-7-11-8-10/h11H,1-8H2. The van der Waals surface area contributed by atoms with Gasteiger partial charge in [-0.15, -0.1) is 0 Å². The van der Waals surface area contributed by atoms with Crippen LogP contribution in [0.15, 0.2) is 0 Å². The number of rotatable bonds is 0. The van der Waals surface area contributed by atoms with Gasteiger partial charge in [-0.25, -0.2) is 0 Å². The first-order chi connectivity index (χ1) is 5.83. The zero-order valence-electron chi connectivity index (χ0n) is 7.57. The Morgan fingerprint density at radius 1 is 1.17 bits per heavy atom. The minimum absolute atomic E-state index is 0.0660. The number of Topliss-reactive ketones (excluding diaryl/α,β-unsaturated/α-hetero) is 1. The molecule has 2 nitrogen and oxygen atoms in total. The molecular formula is C10H17NO. The smallest absolute Gasteiger partial charge is 0.140 e. The van der Waals surface area contributed by atoms with E-state index in [9.17, 15) is 4.79 Å². The first-order valence-electron chi connectivity index (χ1n) is 5.08. The maximum atomic E-state index is 11.8. The Morgan fingerprint density at radius 3 is 2.83 bits per heavy atom. The summed E-state index contributed by atoms with van der Waals surface area (Å²) in [7, 11) is 0. The van der Waals surface area contributed by atoms with Gasteiger partial charge in [-0.1, -0.05) is 12.8 Å². The fourth-order valence-electron chi connectivity index (χ4n) is 2.53. The SMILES string of the molecule is O=C1CCCCCC12CCNC2. The van der Waals surface area contributed by atoms with Gasteiger partial charge in [-0.2, -0.15) is 0 Å². The van der Waals surface area contributed by atoms with E-state index in [0.717, 1.165) is 38.8 Å². The van der Waals surface area contributed by atoms with Crippen LogP contribution >= 0.6 is 0 Å². The molecule has 1 N–H and O–H groups in total. The molecule has 0 aromatic heterocycles. The number of nitrogens with one attached hydrogen (secondary N) is 1. The maximum Gasteiger partial charge on any atom is 0.140 e. The second-order valence-electron chi connectivity index (χ2n) is 4.19. The summed E-state index contributed by atoms with van der Waals surface area (Å²) in [5.74, 6) is 0.532. The molecule has 0 amide bonds. The third-order valence-corrected chi connectivity index (χ3v) is 3.39. The van der Waals surface area contributed by atoms with Crippen molar-refractivity contribution in [2.75, 3.05) is 13.1 Å². The van der Waals surface area contributed by atoms with Gasteiger partial charge in [0.1, 0.15) is 5.78 Å². The van der Waals surface area contributed by atoms with E-state index in [4.69, 9.17) is 0 Å². The van der Waals surface area contributed by atoms with E-state index in [2.05, 4.69) is 5.32 Å². The average molecular weight is 167 g/mol. The molecule has 1 spiro atoms. The Balaban J connectivity index is 2.13. The van der Waals surface area contributed by atoms with Crippen molar-refractivity contribution in [2.45, 2.75) is 38.5 Å². The molecule has 2 aliphatic rings. The largest absolute Gasteiger partial charge is 0.316 e. The molecule has 0 aromatic carbocycles. The monoisotopic (exact) mass is 167 g/mol. The summed E-state index contributed by atoms with van der Waals surface area (Å²) in [6.45, 7) is 2.00. The summed E-state index contributed by atoms with van der Waals surface area (Å²) >= 11 is 0. The van der Waals surface area contributed by atoms with Crippen LogP contribution in [0.5, 0.6) is 0 Å². The normalized spacial score (nSPS) is 37.2. The predicted octanol–water partition coefficient (Wildman–Crippen LogP) is 1.50. The summed E-state index contributed by atoms with van der Waals surface area (Å²) < 4.78 is 0. The van der Waals surface area contributed by atoms with E-state index >= 15 is 0 Å². The summed E-state index contributed by atoms with van der Waals surface area (Å²) in [5, 5.41) is 3.32. The van der Waals surface area contributed by atoms with Gasteiger partial charge in [0.2, 0.25) is 0 Å². The van der Waals surface area contributed by atoms with Crippen molar-refractivity contribution in [1.82, 2.24) is 5.32 Å². The lowest BCUT2D eigenvalue weighted by atomic mass is 9.79. The van der Waals surface area contributed by atoms with Crippen molar-refractivity contribution in [1.29, 1.82) is 0 Å². The van der Waals surface area contributed by atoms with Crippen LogP contribution in [0.2, 0.25) is 0 Å². The van der Waals surface area contributed by atoms with Gasteiger partial charge in [-0.3, -0.25) is 4.79 Å². The van der Waals surface area contributed by atoms with Gasteiger partial charge in [0.05, 0.1) is 0 Å². The Morgan fingerprint density at radius 2 is 2.08 bits per heavy atom. The quantitative estimate of drug-likeness (QED) is 0.592. The highest BCUT2D eigenvalue weighted by Crippen LogP contribution is 2.36. The molecule has 68 valence electrons. The van der Waals surface area contributed by atoms with Crippen LogP contribution in [0.4, 0.5) is 0 Å². The summed E-state index contributed by atoms with van der Waals surface area (Å²) in [6, 6.07) is 0. The minimum Gasteiger partial charge on any atom is -0.316 e. The molecule has 1 heterocycles. The zero-order valence-corrected chi connectivity index (χ0v) is 7.57. The Bertz CT molecular complexity index is 182. The van der Waals surface area contributed by atoms with Gasteiger partial charge >= 0.3 is 0 Å². The van der Waals surface area contributed by atoms with Crippen LogP contribution < -0.4 is 5.32 Å². The zero-order chi connectivity index (χ0) is 8.44. The van der Waals surface area contributed by atoms with E-state index in [1.807, 2.05) is 0 Å². The fourth-order valence-corrected chi connectivity index (χ4v) is 2.53. The second kappa shape index (κ2) is 3.17. The first kappa shape index (κ1) is 8.24. The lowest BCUT2D eigenvalue weighted by Crippen LogP contribution is -2.32. The Labute approximate surface area is 73.7 Å². The molecule has 2 rings (SSSR count). The molecule has 1 unspecified atom stereocenters. The molecule has 1 aliphatic carbocycles. The third kappa shape index (κ3) is 1.28. The van der Waals surface area contributed by atoms with Crippen molar-refractivity contribution in [3.63, 3.8) is 0 Å². The number of carbonyl (C=O) groups is 1. The summed E-state index contributed by atoms with van der Waals surface area (Å²) in [4.78, 5) is 11.8. The maximum absolute atomic E-state index is 11.8. The molecule has 0 aromatic rings. The van der Waals surface area contributed by atoms with Gasteiger partial charge in [-0.05, 0) is 25.8 Å². The van der Waals surface area contributed by atoms with E-state index in [1.165, 1.54) is 12.8 Å². The molecule has 2 fully saturated rings. The van der Waals surface area contributed by atoms with E-state index in [0.29, 0.717) is 5.78 Å². The molecule has 0 radical (unpaired) electrons.